The van der Waals surface area contributed by atoms with Crippen molar-refractivity contribution in [3.05, 3.63) is 88.4 Å². The number of rotatable bonds is 4. The lowest BCUT2D eigenvalue weighted by atomic mass is 10.0. The Morgan fingerprint density at radius 1 is 0.933 bits per heavy atom. The number of fused-ring (bicyclic) bond motifs is 3. The Hall–Kier alpha value is -3.25. The fraction of sp³-hybridized carbons (Fsp3) is 0.125. The first kappa shape index (κ1) is 18.8. The molecule has 0 radical (unpaired) electrons. The van der Waals surface area contributed by atoms with Crippen molar-refractivity contribution < 1.29 is 9.47 Å². The highest BCUT2D eigenvalue weighted by molar-refractivity contribution is 9.10. The van der Waals surface area contributed by atoms with E-state index in [-0.39, 0.29) is 6.04 Å². The van der Waals surface area contributed by atoms with Gasteiger partial charge < -0.3 is 14.8 Å². The zero-order valence-electron chi connectivity index (χ0n) is 16.6. The van der Waals surface area contributed by atoms with Crippen LogP contribution in [0, 0.1) is 0 Å². The summed E-state index contributed by atoms with van der Waals surface area (Å²) in [7, 11) is 3.31. The maximum atomic E-state index is 5.56. The maximum absolute atomic E-state index is 5.56. The second-order valence-corrected chi connectivity index (χ2v) is 7.98. The normalized spacial score (nSPS) is 15.3. The number of allylic oxidation sites excluding steroid dienone is 1. The number of hydrogen-bond acceptors (Lipinski definition) is 4. The highest BCUT2D eigenvalue weighted by Gasteiger charge is 2.26. The predicted octanol–water partition coefficient (Wildman–Crippen LogP) is 5.87. The van der Waals surface area contributed by atoms with E-state index in [1.165, 1.54) is 0 Å². The van der Waals surface area contributed by atoms with Crippen molar-refractivity contribution in [2.24, 2.45) is 0 Å². The number of anilines is 1. The number of para-hydroxylation sites is 2. The molecule has 6 heteroatoms. The molecule has 0 amide bonds. The summed E-state index contributed by atoms with van der Waals surface area (Å²) in [6.45, 7) is 0. The smallest absolute Gasteiger partial charge is 0.209 e. The number of ether oxygens (including phenoxy) is 2. The maximum Gasteiger partial charge on any atom is 0.209 e. The lowest BCUT2D eigenvalue weighted by Gasteiger charge is -2.27. The molecule has 1 aliphatic rings. The molecular formula is C24H20BrN3O2. The molecule has 0 bridgehead atoms. The van der Waals surface area contributed by atoms with Gasteiger partial charge in [-0.3, -0.25) is 4.57 Å². The van der Waals surface area contributed by atoms with E-state index in [1.54, 1.807) is 14.2 Å². The number of nitrogens with one attached hydrogen (secondary N) is 1. The third-order valence-corrected chi connectivity index (χ3v) is 5.82. The molecule has 150 valence electrons. The van der Waals surface area contributed by atoms with Gasteiger partial charge in [0.1, 0.15) is 0 Å². The minimum Gasteiger partial charge on any atom is -0.493 e. The number of benzene rings is 3. The molecule has 0 unspecified atom stereocenters. The minimum absolute atomic E-state index is 0.0533. The van der Waals surface area contributed by atoms with Gasteiger partial charge in [-0.1, -0.05) is 46.3 Å². The molecule has 1 atom stereocenters. The summed E-state index contributed by atoms with van der Waals surface area (Å²) in [4.78, 5) is 4.85. The molecule has 0 spiro atoms. The van der Waals surface area contributed by atoms with Crippen molar-refractivity contribution in [1.29, 1.82) is 0 Å². The fourth-order valence-electron chi connectivity index (χ4n) is 3.92. The van der Waals surface area contributed by atoms with Gasteiger partial charge in [-0.15, -0.1) is 0 Å². The topological polar surface area (TPSA) is 48.3 Å². The van der Waals surface area contributed by atoms with Crippen LogP contribution < -0.4 is 14.8 Å². The first-order valence-corrected chi connectivity index (χ1v) is 10.4. The van der Waals surface area contributed by atoms with Gasteiger partial charge in [0.25, 0.3) is 0 Å². The van der Waals surface area contributed by atoms with Crippen molar-refractivity contribution in [3.8, 4) is 11.5 Å². The Kier molecular flexibility index (Phi) is 4.71. The number of imidazole rings is 1. The Morgan fingerprint density at radius 3 is 2.57 bits per heavy atom. The highest BCUT2D eigenvalue weighted by atomic mass is 79.9. The zero-order chi connectivity index (χ0) is 20.7. The fourth-order valence-corrected chi connectivity index (χ4v) is 4.31. The van der Waals surface area contributed by atoms with E-state index in [1.807, 2.05) is 42.5 Å². The molecule has 5 nitrogen and oxygen atoms in total. The van der Waals surface area contributed by atoms with Crippen molar-refractivity contribution in [3.63, 3.8) is 0 Å². The van der Waals surface area contributed by atoms with Crippen molar-refractivity contribution in [2.45, 2.75) is 6.04 Å². The lowest BCUT2D eigenvalue weighted by molar-refractivity contribution is 0.354. The number of halogens is 1. The molecule has 3 aromatic carbocycles. The third-order valence-electron chi connectivity index (χ3n) is 5.33. The van der Waals surface area contributed by atoms with Crippen LogP contribution in [0.1, 0.15) is 17.2 Å². The summed E-state index contributed by atoms with van der Waals surface area (Å²) in [5.41, 5.74) is 5.22. The van der Waals surface area contributed by atoms with Gasteiger partial charge in [-0.25, -0.2) is 4.98 Å². The van der Waals surface area contributed by atoms with E-state index in [0.29, 0.717) is 11.5 Å². The van der Waals surface area contributed by atoms with Crippen LogP contribution in [0.4, 0.5) is 5.95 Å². The van der Waals surface area contributed by atoms with Crippen LogP contribution in [-0.2, 0) is 0 Å². The first-order valence-electron chi connectivity index (χ1n) is 9.61. The molecule has 30 heavy (non-hydrogen) atoms. The van der Waals surface area contributed by atoms with Crippen LogP contribution in [0.25, 0.3) is 16.7 Å². The molecule has 2 heterocycles. The summed E-state index contributed by atoms with van der Waals surface area (Å²) in [6.07, 6.45) is 2.23. The van der Waals surface area contributed by atoms with E-state index in [2.05, 4.69) is 56.2 Å². The standard InChI is InChI=1S/C24H20BrN3O2/c1-29-22-11-10-16(13-23(22)30-2)21-14-19(15-6-5-7-17(25)12-15)27-24-26-18-8-3-4-9-20(18)28(21)24/h3-14,21H,1-2H3,(H,26,27)/t21-/m0/s1. The summed E-state index contributed by atoms with van der Waals surface area (Å²) in [5.74, 6) is 2.23. The average molecular weight is 462 g/mol. The highest BCUT2D eigenvalue weighted by Crippen LogP contribution is 2.39. The second-order valence-electron chi connectivity index (χ2n) is 7.07. The first-order chi connectivity index (χ1) is 14.7. The largest absolute Gasteiger partial charge is 0.493 e. The van der Waals surface area contributed by atoms with E-state index >= 15 is 0 Å². The van der Waals surface area contributed by atoms with Crippen LogP contribution in [0.3, 0.4) is 0 Å². The average Bonchev–Trinajstić information content (AvgIpc) is 3.16. The predicted molar refractivity (Wildman–Crippen MR) is 123 cm³/mol. The molecule has 1 N–H and O–H groups in total. The minimum atomic E-state index is -0.0533. The van der Waals surface area contributed by atoms with Crippen LogP contribution >= 0.6 is 15.9 Å². The summed E-state index contributed by atoms with van der Waals surface area (Å²) >= 11 is 3.58. The van der Waals surface area contributed by atoms with E-state index in [9.17, 15) is 0 Å². The third kappa shape index (κ3) is 3.13. The van der Waals surface area contributed by atoms with Gasteiger partial charge in [-0.2, -0.15) is 0 Å². The molecular weight excluding hydrogens is 442 g/mol. The molecule has 0 fully saturated rings. The number of aromatic nitrogens is 2. The zero-order valence-corrected chi connectivity index (χ0v) is 18.2. The molecule has 5 rings (SSSR count). The molecule has 0 aliphatic carbocycles. The monoisotopic (exact) mass is 461 g/mol. The SMILES string of the molecule is COc1ccc([C@@H]2C=C(c3cccc(Br)c3)Nc3nc4ccccc4n32)cc1OC. The van der Waals surface area contributed by atoms with Gasteiger partial charge in [0.05, 0.1) is 31.3 Å². The Bertz CT molecular complexity index is 1280. The van der Waals surface area contributed by atoms with Crippen molar-refractivity contribution >= 4 is 38.6 Å². The van der Waals surface area contributed by atoms with Crippen LogP contribution in [-0.4, -0.2) is 23.8 Å². The number of methoxy groups -OCH3 is 2. The molecule has 0 saturated carbocycles. The van der Waals surface area contributed by atoms with Gasteiger partial charge in [0.15, 0.2) is 11.5 Å². The van der Waals surface area contributed by atoms with E-state index in [4.69, 9.17) is 14.5 Å². The van der Waals surface area contributed by atoms with Crippen LogP contribution in [0.2, 0.25) is 0 Å². The van der Waals surface area contributed by atoms with E-state index < -0.39 is 0 Å². The van der Waals surface area contributed by atoms with Gasteiger partial charge in [0.2, 0.25) is 5.95 Å². The van der Waals surface area contributed by atoms with Crippen molar-refractivity contribution in [2.75, 3.05) is 19.5 Å². The summed E-state index contributed by atoms with van der Waals surface area (Å²) < 4.78 is 14.2. The van der Waals surface area contributed by atoms with Gasteiger partial charge in [-0.05, 0) is 53.6 Å². The lowest BCUT2D eigenvalue weighted by Crippen LogP contribution is -2.19. The quantitative estimate of drug-likeness (QED) is 0.412. The van der Waals surface area contributed by atoms with Gasteiger partial charge >= 0.3 is 0 Å². The number of nitrogens with zero attached hydrogens (tertiary/aromatic N) is 2. The van der Waals surface area contributed by atoms with Crippen LogP contribution in [0.15, 0.2) is 77.3 Å². The Balaban J connectivity index is 1.72. The van der Waals surface area contributed by atoms with Crippen molar-refractivity contribution in [1.82, 2.24) is 9.55 Å². The van der Waals surface area contributed by atoms with Gasteiger partial charge in [0, 0.05) is 10.2 Å². The Morgan fingerprint density at radius 2 is 1.77 bits per heavy atom. The van der Waals surface area contributed by atoms with E-state index in [0.717, 1.165) is 38.3 Å². The molecule has 4 aromatic rings. The molecule has 1 aliphatic heterocycles. The molecule has 1 aromatic heterocycles. The molecule has 0 saturated heterocycles. The second kappa shape index (κ2) is 7.54. The number of hydrogen-bond donors (Lipinski definition) is 1. The summed E-state index contributed by atoms with van der Waals surface area (Å²) in [6, 6.07) is 22.4. The van der Waals surface area contributed by atoms with Crippen LogP contribution in [0.5, 0.6) is 11.5 Å². The Labute approximate surface area is 183 Å². The summed E-state index contributed by atoms with van der Waals surface area (Å²) in [5, 5.41) is 3.52.